The first-order valence-corrected chi connectivity index (χ1v) is 14.3. The molecule has 3 aromatic rings. The van der Waals surface area contributed by atoms with Crippen LogP contribution in [0.5, 0.6) is 0 Å². The van der Waals surface area contributed by atoms with Crippen LogP contribution in [0.1, 0.15) is 43.9 Å². The lowest BCUT2D eigenvalue weighted by molar-refractivity contribution is -0.139. The summed E-state index contributed by atoms with van der Waals surface area (Å²) in [4.78, 5) is 28.5. The fraction of sp³-hybridized carbons (Fsp3) is 0.333. The van der Waals surface area contributed by atoms with Gasteiger partial charge in [-0.1, -0.05) is 61.5 Å². The average Bonchev–Trinajstić information content (AvgIpc) is 2.92. The molecule has 0 bridgehead atoms. The Labute approximate surface area is 226 Å². The van der Waals surface area contributed by atoms with Crippen LogP contribution in [0.25, 0.3) is 0 Å². The lowest BCUT2D eigenvalue weighted by Crippen LogP contribution is -2.52. The molecule has 0 radical (unpaired) electrons. The first-order chi connectivity index (χ1) is 18.0. The highest BCUT2D eigenvalue weighted by atomic mass is 32.2. The van der Waals surface area contributed by atoms with Crippen molar-refractivity contribution in [1.82, 2.24) is 10.2 Å². The second-order valence-electron chi connectivity index (χ2n) is 9.59. The minimum atomic E-state index is -4.07. The number of anilines is 1. The molecule has 0 aliphatic carbocycles. The molecule has 3 aromatic carbocycles. The molecular formula is C30H37N3O4S. The van der Waals surface area contributed by atoms with Gasteiger partial charge >= 0.3 is 0 Å². The van der Waals surface area contributed by atoms with Gasteiger partial charge in [-0.2, -0.15) is 0 Å². The molecule has 0 spiro atoms. The fourth-order valence-corrected chi connectivity index (χ4v) is 5.38. The van der Waals surface area contributed by atoms with E-state index in [9.17, 15) is 18.0 Å². The maximum absolute atomic E-state index is 13.9. The zero-order valence-electron chi connectivity index (χ0n) is 22.7. The minimum Gasteiger partial charge on any atom is -0.352 e. The van der Waals surface area contributed by atoms with Gasteiger partial charge in [-0.3, -0.25) is 13.9 Å². The molecule has 38 heavy (non-hydrogen) atoms. The Hall–Kier alpha value is -3.65. The van der Waals surface area contributed by atoms with Crippen molar-refractivity contribution in [3.63, 3.8) is 0 Å². The van der Waals surface area contributed by atoms with Gasteiger partial charge in [-0.05, 0) is 75.1 Å². The van der Waals surface area contributed by atoms with Gasteiger partial charge in [0.2, 0.25) is 11.8 Å². The molecule has 0 heterocycles. The Morgan fingerprint density at radius 2 is 1.47 bits per heavy atom. The number of hydrogen-bond acceptors (Lipinski definition) is 4. The molecule has 2 atom stereocenters. The molecular weight excluding hydrogens is 498 g/mol. The van der Waals surface area contributed by atoms with E-state index in [0.29, 0.717) is 5.69 Å². The molecule has 7 nitrogen and oxygen atoms in total. The number of amides is 2. The Kier molecular flexibility index (Phi) is 9.69. The lowest BCUT2D eigenvalue weighted by atomic mass is 10.1. The van der Waals surface area contributed by atoms with Crippen LogP contribution in [-0.4, -0.2) is 43.8 Å². The Morgan fingerprint density at radius 3 is 2.05 bits per heavy atom. The molecule has 8 heteroatoms. The second-order valence-corrected chi connectivity index (χ2v) is 11.5. The van der Waals surface area contributed by atoms with E-state index in [2.05, 4.69) is 5.32 Å². The van der Waals surface area contributed by atoms with Gasteiger partial charge in [-0.25, -0.2) is 8.42 Å². The number of benzene rings is 3. The summed E-state index contributed by atoms with van der Waals surface area (Å²) in [5.74, 6) is -0.759. The number of aryl methyl sites for hydroxylation is 2. The van der Waals surface area contributed by atoms with Crippen molar-refractivity contribution >= 4 is 27.5 Å². The van der Waals surface area contributed by atoms with Crippen molar-refractivity contribution < 1.29 is 18.0 Å². The highest BCUT2D eigenvalue weighted by molar-refractivity contribution is 7.92. The van der Waals surface area contributed by atoms with Gasteiger partial charge in [0.25, 0.3) is 10.0 Å². The Bertz CT molecular complexity index is 1340. The Balaban J connectivity index is 2.02. The van der Waals surface area contributed by atoms with E-state index in [1.807, 2.05) is 64.1 Å². The van der Waals surface area contributed by atoms with Crippen LogP contribution >= 0.6 is 0 Å². The SMILES string of the molecule is CC[C@H](C)NC(=O)[C@H](C)N(Cc1ccccc1)C(=O)CN(c1ccc(C)c(C)c1)S(=O)(=O)c1ccccc1. The number of sulfonamides is 1. The largest absolute Gasteiger partial charge is 0.352 e. The third-order valence-electron chi connectivity index (χ3n) is 6.75. The summed E-state index contributed by atoms with van der Waals surface area (Å²) in [6, 6.07) is 21.9. The predicted octanol–water partition coefficient (Wildman–Crippen LogP) is 4.83. The van der Waals surface area contributed by atoms with Crippen molar-refractivity contribution in [2.75, 3.05) is 10.8 Å². The monoisotopic (exact) mass is 535 g/mol. The number of carbonyl (C=O) groups excluding carboxylic acids is 2. The van der Waals surface area contributed by atoms with E-state index < -0.39 is 28.5 Å². The summed E-state index contributed by atoms with van der Waals surface area (Å²) in [5.41, 5.74) is 3.15. The van der Waals surface area contributed by atoms with Crippen LogP contribution in [0, 0.1) is 13.8 Å². The number of rotatable bonds is 11. The first-order valence-electron chi connectivity index (χ1n) is 12.8. The van der Waals surface area contributed by atoms with E-state index >= 15 is 0 Å². The molecule has 0 aromatic heterocycles. The van der Waals surface area contributed by atoms with Gasteiger partial charge in [0, 0.05) is 12.6 Å². The first kappa shape index (κ1) is 28.9. The molecule has 3 rings (SSSR count). The number of carbonyl (C=O) groups is 2. The maximum atomic E-state index is 13.9. The van der Waals surface area contributed by atoms with E-state index in [1.54, 1.807) is 37.3 Å². The van der Waals surface area contributed by atoms with Gasteiger partial charge < -0.3 is 10.2 Å². The summed E-state index contributed by atoms with van der Waals surface area (Å²) in [6.45, 7) is 9.11. The van der Waals surface area contributed by atoms with Crippen LogP contribution in [0.3, 0.4) is 0 Å². The van der Waals surface area contributed by atoms with Gasteiger partial charge in [0.05, 0.1) is 10.6 Å². The maximum Gasteiger partial charge on any atom is 0.264 e. The highest BCUT2D eigenvalue weighted by Crippen LogP contribution is 2.26. The van der Waals surface area contributed by atoms with Crippen molar-refractivity contribution in [1.29, 1.82) is 0 Å². The van der Waals surface area contributed by atoms with Crippen molar-refractivity contribution in [2.45, 2.75) is 64.6 Å². The number of hydrogen-bond donors (Lipinski definition) is 1. The van der Waals surface area contributed by atoms with Crippen molar-refractivity contribution in [3.05, 3.63) is 95.6 Å². The second kappa shape index (κ2) is 12.7. The minimum absolute atomic E-state index is 0.0517. The molecule has 0 fully saturated rings. The topological polar surface area (TPSA) is 86.8 Å². The molecule has 0 unspecified atom stereocenters. The van der Waals surface area contributed by atoms with Crippen molar-refractivity contribution in [2.24, 2.45) is 0 Å². The smallest absolute Gasteiger partial charge is 0.264 e. The normalized spacial score (nSPS) is 12.9. The summed E-state index contributed by atoms with van der Waals surface area (Å²) in [7, 11) is -4.07. The standard InChI is InChI=1S/C30H37N3O4S/c1-6-24(4)31-30(35)25(5)32(20-26-13-9-7-10-14-26)29(34)21-33(27-18-17-22(2)23(3)19-27)38(36,37)28-15-11-8-12-16-28/h7-19,24-25H,6,20-21H2,1-5H3,(H,31,35)/t24-,25-/m0/s1. The van der Waals surface area contributed by atoms with E-state index in [-0.39, 0.29) is 23.4 Å². The van der Waals surface area contributed by atoms with E-state index in [0.717, 1.165) is 27.4 Å². The summed E-state index contributed by atoms with van der Waals surface area (Å²) in [5, 5.41) is 2.94. The van der Waals surface area contributed by atoms with Crippen LogP contribution in [-0.2, 0) is 26.2 Å². The quantitative estimate of drug-likeness (QED) is 0.381. The summed E-state index contributed by atoms with van der Waals surface area (Å²) >= 11 is 0. The third kappa shape index (κ3) is 7.01. The number of nitrogens with one attached hydrogen (secondary N) is 1. The zero-order chi connectivity index (χ0) is 27.9. The van der Waals surface area contributed by atoms with E-state index in [1.165, 1.54) is 17.0 Å². The van der Waals surface area contributed by atoms with Crippen LogP contribution in [0.15, 0.2) is 83.8 Å². The molecule has 0 saturated carbocycles. The van der Waals surface area contributed by atoms with Crippen LogP contribution in [0.2, 0.25) is 0 Å². The van der Waals surface area contributed by atoms with Crippen LogP contribution in [0.4, 0.5) is 5.69 Å². The molecule has 1 N–H and O–H groups in total. The average molecular weight is 536 g/mol. The van der Waals surface area contributed by atoms with Gasteiger partial charge in [-0.15, -0.1) is 0 Å². The highest BCUT2D eigenvalue weighted by Gasteiger charge is 2.32. The molecule has 2 amide bonds. The zero-order valence-corrected chi connectivity index (χ0v) is 23.5. The lowest BCUT2D eigenvalue weighted by Gasteiger charge is -2.32. The third-order valence-corrected chi connectivity index (χ3v) is 8.54. The van der Waals surface area contributed by atoms with Gasteiger partial charge in [0.1, 0.15) is 12.6 Å². The molecule has 202 valence electrons. The van der Waals surface area contributed by atoms with Gasteiger partial charge in [0.15, 0.2) is 0 Å². The Morgan fingerprint density at radius 1 is 0.868 bits per heavy atom. The molecule has 0 aliphatic rings. The van der Waals surface area contributed by atoms with E-state index in [4.69, 9.17) is 0 Å². The van der Waals surface area contributed by atoms with Crippen molar-refractivity contribution in [3.8, 4) is 0 Å². The van der Waals surface area contributed by atoms with Crippen LogP contribution < -0.4 is 9.62 Å². The molecule has 0 aliphatic heterocycles. The fourth-order valence-electron chi connectivity index (χ4n) is 3.96. The predicted molar refractivity (Wildman–Crippen MR) is 151 cm³/mol. The summed E-state index contributed by atoms with van der Waals surface area (Å²) in [6.07, 6.45) is 0.751. The molecule has 0 saturated heterocycles. The number of nitrogens with zero attached hydrogens (tertiary/aromatic N) is 2. The summed E-state index contributed by atoms with van der Waals surface area (Å²) < 4.78 is 28.8.